The minimum absolute atomic E-state index is 0.0244. The highest BCUT2D eigenvalue weighted by Gasteiger charge is 2.39. The fraction of sp³-hybridized carbons (Fsp3) is 0.451. The number of alkyl carbamates (subject to hydrolysis) is 1. The van der Waals surface area contributed by atoms with Crippen LogP contribution < -0.4 is 10.2 Å². The van der Waals surface area contributed by atoms with E-state index >= 15 is 0 Å². The van der Waals surface area contributed by atoms with E-state index in [0.29, 0.717) is 12.5 Å². The van der Waals surface area contributed by atoms with Crippen LogP contribution in [0, 0.1) is 18.3 Å². The zero-order chi connectivity index (χ0) is 43.8. The summed E-state index contributed by atoms with van der Waals surface area (Å²) in [5, 5.41) is 2.73. The van der Waals surface area contributed by atoms with Crippen molar-refractivity contribution in [1.82, 2.24) is 35.1 Å². The smallest absolute Gasteiger partial charge is 0.407 e. The lowest BCUT2D eigenvalue weighted by Crippen LogP contribution is -2.51. The Morgan fingerprint density at radius 2 is 1.17 bits per heavy atom. The molecule has 4 aliphatic rings. The first-order chi connectivity index (χ1) is 30.6. The van der Waals surface area contributed by atoms with Gasteiger partial charge in [0, 0.05) is 42.3 Å². The topological polar surface area (TPSA) is 140 Å². The minimum Gasteiger partial charge on any atom is -0.453 e. The lowest BCUT2D eigenvalue weighted by Gasteiger charge is -2.33. The van der Waals surface area contributed by atoms with Crippen molar-refractivity contribution >= 4 is 23.6 Å². The number of H-pyrrole nitrogens is 2. The minimum atomic E-state index is -0.679. The fourth-order valence-electron chi connectivity index (χ4n) is 10.1. The van der Waals surface area contributed by atoms with E-state index in [-0.39, 0.29) is 47.8 Å². The predicted molar refractivity (Wildman–Crippen MR) is 244 cm³/mol. The molecule has 4 fully saturated rings. The molecule has 12 heteroatoms. The number of anilines is 1. The van der Waals surface area contributed by atoms with Gasteiger partial charge in [-0.15, -0.1) is 0 Å². The lowest BCUT2D eigenvalue weighted by molar-refractivity contribution is -0.135. The lowest BCUT2D eigenvalue weighted by atomic mass is 10.0. The first-order valence-electron chi connectivity index (χ1n) is 23.1. The van der Waals surface area contributed by atoms with Gasteiger partial charge in [0.05, 0.1) is 49.1 Å². The number of amides is 3. The molecule has 329 valence electrons. The molecule has 5 atom stereocenters. The Hall–Kier alpha value is -5.91. The van der Waals surface area contributed by atoms with Crippen LogP contribution >= 0.6 is 0 Å². The molecule has 3 N–H and O–H groups in total. The van der Waals surface area contributed by atoms with Gasteiger partial charge in [-0.2, -0.15) is 0 Å². The van der Waals surface area contributed by atoms with Gasteiger partial charge < -0.3 is 34.7 Å². The van der Waals surface area contributed by atoms with Crippen molar-refractivity contribution in [3.8, 4) is 22.5 Å². The number of hydrogen-bond acceptors (Lipinski definition) is 7. The third-order valence-corrected chi connectivity index (χ3v) is 13.6. The normalized spacial score (nSPS) is 21.7. The SMILES string of the molecule is COC(=O)N[C@H](C(=O)N1CCC[C@H]1c1nc(-c2ccc([C@H]3CC[C@H](c4ccc(-c5c[nH]c([C@@H]6CCCN6C(=O)[CH]C(C)C)n5)cc4)N3c3ccc(C4CC4)cc3)cc2)c[nH]1)C(C)C. The van der Waals surface area contributed by atoms with Crippen LogP contribution in [0.5, 0.6) is 0 Å². The van der Waals surface area contributed by atoms with E-state index in [1.54, 1.807) is 6.42 Å². The van der Waals surface area contributed by atoms with Gasteiger partial charge >= 0.3 is 6.09 Å². The Kier molecular flexibility index (Phi) is 12.2. The average molecular weight is 850 g/mol. The first kappa shape index (κ1) is 42.4. The van der Waals surface area contributed by atoms with Crippen molar-refractivity contribution in [1.29, 1.82) is 0 Å². The van der Waals surface area contributed by atoms with E-state index in [2.05, 4.69) is 93.0 Å². The number of carbonyl (C=O) groups is 3. The molecule has 1 saturated carbocycles. The third kappa shape index (κ3) is 8.86. The molecule has 0 spiro atoms. The van der Waals surface area contributed by atoms with E-state index in [0.717, 1.165) is 79.2 Å². The zero-order valence-electron chi connectivity index (χ0n) is 37.2. The number of rotatable bonds is 13. The average Bonchev–Trinajstić information content (AvgIpc) is 3.90. The summed E-state index contributed by atoms with van der Waals surface area (Å²) in [6.07, 6.45) is 13.3. The molecular formula is C51H61N8O4. The van der Waals surface area contributed by atoms with Gasteiger partial charge in [0.25, 0.3) is 0 Å². The van der Waals surface area contributed by atoms with Gasteiger partial charge in [-0.1, -0.05) is 88.4 Å². The van der Waals surface area contributed by atoms with Crippen LogP contribution in [0.2, 0.25) is 0 Å². The highest BCUT2D eigenvalue weighted by Crippen LogP contribution is 2.48. The number of carbonyl (C=O) groups excluding carboxylic acids is 3. The zero-order valence-corrected chi connectivity index (χ0v) is 37.2. The van der Waals surface area contributed by atoms with Crippen LogP contribution in [-0.2, 0) is 14.3 Å². The summed E-state index contributed by atoms with van der Waals surface area (Å²) in [6.45, 7) is 9.30. The van der Waals surface area contributed by atoms with Crippen LogP contribution in [0.3, 0.4) is 0 Å². The van der Waals surface area contributed by atoms with Gasteiger partial charge in [0.1, 0.15) is 17.7 Å². The quantitative estimate of drug-likeness (QED) is 0.107. The van der Waals surface area contributed by atoms with Gasteiger partial charge in [-0.3, -0.25) is 9.59 Å². The van der Waals surface area contributed by atoms with Crippen molar-refractivity contribution in [3.63, 3.8) is 0 Å². The molecule has 9 rings (SSSR count). The number of likely N-dealkylation sites (tertiary alicyclic amines) is 2. The summed E-state index contributed by atoms with van der Waals surface area (Å²) in [7, 11) is 1.31. The van der Waals surface area contributed by atoms with Gasteiger partial charge in [0.15, 0.2) is 0 Å². The number of imidazole rings is 2. The number of ether oxygens (including phenoxy) is 1. The van der Waals surface area contributed by atoms with Gasteiger partial charge in [-0.25, -0.2) is 14.8 Å². The highest BCUT2D eigenvalue weighted by atomic mass is 16.5. The number of aromatic amines is 2. The van der Waals surface area contributed by atoms with Gasteiger partial charge in [0.2, 0.25) is 11.8 Å². The second kappa shape index (κ2) is 18.1. The Morgan fingerprint density at radius 3 is 1.67 bits per heavy atom. The maximum absolute atomic E-state index is 13.7. The maximum atomic E-state index is 13.7. The Bertz CT molecular complexity index is 2380. The standard InChI is InChI=1S/C51H61N8O4/c1-31(2)28-46(60)57-26-6-8-44(57)48-52-29-40(54-48)35-12-16-37(17-13-35)42-24-25-43(59(42)39-22-20-34(21-23-39)33-10-11-33)38-18-14-36(15-19-38)41-30-53-49(55-41)45-9-7-27-58(45)50(61)47(32(3)4)56-51(62)63-5/h12-23,28-33,42-45,47H,6-11,24-27H2,1-5H3,(H,52,54)(H,53,55)(H,56,62)/t42-,43-,44+,45+,47+/m1/s1. The van der Waals surface area contributed by atoms with E-state index in [4.69, 9.17) is 14.7 Å². The molecule has 2 aromatic heterocycles. The molecule has 3 aliphatic heterocycles. The molecule has 12 nitrogen and oxygen atoms in total. The van der Waals surface area contributed by atoms with Crippen LogP contribution in [0.4, 0.5) is 10.5 Å². The summed E-state index contributed by atoms with van der Waals surface area (Å²) in [4.78, 5) is 62.0. The monoisotopic (exact) mass is 849 g/mol. The number of nitrogens with zero attached hydrogens (tertiary/aromatic N) is 5. The van der Waals surface area contributed by atoms with E-state index in [1.165, 1.54) is 42.3 Å². The summed E-state index contributed by atoms with van der Waals surface area (Å²) in [6, 6.07) is 26.5. The largest absolute Gasteiger partial charge is 0.453 e. The summed E-state index contributed by atoms with van der Waals surface area (Å²) >= 11 is 0. The molecule has 3 aromatic carbocycles. The molecular weight excluding hydrogens is 789 g/mol. The van der Waals surface area contributed by atoms with E-state index in [9.17, 15) is 14.4 Å². The van der Waals surface area contributed by atoms with Crippen LogP contribution in [-0.4, -0.2) is 73.9 Å². The van der Waals surface area contributed by atoms with E-state index in [1.807, 2.05) is 49.9 Å². The van der Waals surface area contributed by atoms with Crippen molar-refractivity contribution in [2.45, 2.75) is 115 Å². The third-order valence-electron chi connectivity index (χ3n) is 13.6. The molecule has 1 aliphatic carbocycles. The molecule has 0 unspecified atom stereocenters. The van der Waals surface area contributed by atoms with Crippen LogP contribution in [0.1, 0.15) is 137 Å². The van der Waals surface area contributed by atoms with Crippen molar-refractivity contribution in [3.05, 3.63) is 120 Å². The van der Waals surface area contributed by atoms with Crippen LogP contribution in [0.25, 0.3) is 22.5 Å². The summed E-state index contributed by atoms with van der Waals surface area (Å²) in [5.74, 6) is 2.39. The first-order valence-corrected chi connectivity index (χ1v) is 23.1. The Morgan fingerprint density at radius 1 is 0.667 bits per heavy atom. The summed E-state index contributed by atoms with van der Waals surface area (Å²) in [5.41, 5.74) is 9.01. The second-order valence-electron chi connectivity index (χ2n) is 18.6. The molecule has 63 heavy (non-hydrogen) atoms. The number of aromatic nitrogens is 4. The Balaban J connectivity index is 0.923. The number of hydrogen-bond donors (Lipinski definition) is 3. The number of nitrogens with one attached hydrogen (secondary N) is 3. The number of methoxy groups -OCH3 is 1. The Labute approximate surface area is 371 Å². The molecule has 3 amide bonds. The predicted octanol–water partition coefficient (Wildman–Crippen LogP) is 9.99. The fourth-order valence-corrected chi connectivity index (χ4v) is 10.1. The van der Waals surface area contributed by atoms with Crippen LogP contribution in [0.15, 0.2) is 85.2 Å². The second-order valence-corrected chi connectivity index (χ2v) is 18.6. The van der Waals surface area contributed by atoms with Crippen molar-refractivity contribution in [2.75, 3.05) is 25.1 Å². The molecule has 5 aromatic rings. The highest BCUT2D eigenvalue weighted by molar-refractivity contribution is 5.87. The molecule has 5 heterocycles. The summed E-state index contributed by atoms with van der Waals surface area (Å²) < 4.78 is 4.81. The molecule has 1 radical (unpaired) electrons. The molecule has 3 saturated heterocycles. The van der Waals surface area contributed by atoms with E-state index < -0.39 is 12.1 Å². The number of benzene rings is 3. The van der Waals surface area contributed by atoms with Gasteiger partial charge in [-0.05, 0) is 97.9 Å². The molecule has 0 bridgehead atoms. The van der Waals surface area contributed by atoms with Crippen molar-refractivity contribution < 1.29 is 19.1 Å². The van der Waals surface area contributed by atoms with Crippen molar-refractivity contribution in [2.24, 2.45) is 11.8 Å². The maximum Gasteiger partial charge on any atom is 0.407 e.